The summed E-state index contributed by atoms with van der Waals surface area (Å²) in [5, 5.41) is 14.7. The fraction of sp³-hybridized carbons (Fsp3) is 0.222. The molecule has 0 aromatic carbocycles. The van der Waals surface area contributed by atoms with Gasteiger partial charge in [0.2, 0.25) is 0 Å². The van der Waals surface area contributed by atoms with Crippen LogP contribution in [0.1, 0.15) is 16.7 Å². The van der Waals surface area contributed by atoms with Gasteiger partial charge >= 0.3 is 0 Å². The Hall–Kier alpha value is -0.230. The first-order valence-electron chi connectivity index (χ1n) is 4.06. The molecule has 2 heterocycles. The van der Waals surface area contributed by atoms with Crippen LogP contribution in [0.2, 0.25) is 0 Å². The van der Waals surface area contributed by atoms with Crippen molar-refractivity contribution < 1.29 is 5.11 Å². The standard InChI is InChI=1S/C9H8BrNOS2/c10-8-3-6(5-14-8)7(12)4-9-11-1-2-13-9/h1-3,5,7,12H,4H2. The van der Waals surface area contributed by atoms with E-state index in [1.54, 1.807) is 28.9 Å². The lowest BCUT2D eigenvalue weighted by Gasteiger charge is -2.05. The Kier molecular flexibility index (Phi) is 3.33. The van der Waals surface area contributed by atoms with E-state index in [9.17, 15) is 5.11 Å². The second-order valence-electron chi connectivity index (χ2n) is 2.83. The molecule has 1 atom stereocenters. The van der Waals surface area contributed by atoms with E-state index in [0.717, 1.165) is 14.4 Å². The van der Waals surface area contributed by atoms with Gasteiger partial charge in [-0.15, -0.1) is 22.7 Å². The van der Waals surface area contributed by atoms with E-state index >= 15 is 0 Å². The van der Waals surface area contributed by atoms with Crippen molar-refractivity contribution in [1.82, 2.24) is 4.98 Å². The average molecular weight is 290 g/mol. The van der Waals surface area contributed by atoms with E-state index < -0.39 is 6.10 Å². The Morgan fingerprint density at radius 1 is 1.50 bits per heavy atom. The zero-order valence-corrected chi connectivity index (χ0v) is 10.4. The molecule has 2 aromatic rings. The van der Waals surface area contributed by atoms with Gasteiger partial charge in [-0.05, 0) is 32.9 Å². The minimum Gasteiger partial charge on any atom is -0.388 e. The van der Waals surface area contributed by atoms with Gasteiger partial charge < -0.3 is 5.11 Å². The lowest BCUT2D eigenvalue weighted by molar-refractivity contribution is 0.179. The maximum atomic E-state index is 9.86. The highest BCUT2D eigenvalue weighted by molar-refractivity contribution is 9.11. The molecule has 2 aromatic heterocycles. The number of rotatable bonds is 3. The van der Waals surface area contributed by atoms with Gasteiger partial charge in [0, 0.05) is 18.0 Å². The minimum atomic E-state index is -0.441. The molecule has 0 fully saturated rings. The quantitative estimate of drug-likeness (QED) is 0.941. The zero-order valence-electron chi connectivity index (χ0n) is 7.18. The van der Waals surface area contributed by atoms with E-state index in [-0.39, 0.29) is 0 Å². The molecule has 74 valence electrons. The monoisotopic (exact) mass is 289 g/mol. The summed E-state index contributed by atoms with van der Waals surface area (Å²) >= 11 is 6.53. The third-order valence-electron chi connectivity index (χ3n) is 1.82. The minimum absolute atomic E-state index is 0.441. The fourth-order valence-electron chi connectivity index (χ4n) is 1.14. The van der Waals surface area contributed by atoms with Gasteiger partial charge in [-0.2, -0.15) is 0 Å². The molecule has 14 heavy (non-hydrogen) atoms. The summed E-state index contributed by atoms with van der Waals surface area (Å²) in [5.74, 6) is 0. The van der Waals surface area contributed by atoms with Crippen LogP contribution in [0.15, 0.2) is 26.8 Å². The molecule has 0 aliphatic rings. The number of aliphatic hydroxyl groups excluding tert-OH is 1. The van der Waals surface area contributed by atoms with Gasteiger partial charge in [-0.1, -0.05) is 0 Å². The molecule has 0 saturated heterocycles. The van der Waals surface area contributed by atoms with E-state index in [4.69, 9.17) is 0 Å². The number of aliphatic hydroxyl groups is 1. The van der Waals surface area contributed by atoms with Crippen LogP contribution in [-0.2, 0) is 6.42 Å². The van der Waals surface area contributed by atoms with Crippen molar-refractivity contribution >= 4 is 38.6 Å². The Balaban J connectivity index is 2.06. The van der Waals surface area contributed by atoms with Crippen molar-refractivity contribution in [3.05, 3.63) is 37.4 Å². The van der Waals surface area contributed by atoms with Crippen LogP contribution in [0.5, 0.6) is 0 Å². The molecule has 5 heteroatoms. The normalized spacial score (nSPS) is 13.0. The van der Waals surface area contributed by atoms with Crippen LogP contribution in [0.25, 0.3) is 0 Å². The molecule has 0 radical (unpaired) electrons. The van der Waals surface area contributed by atoms with Gasteiger partial charge in [0.1, 0.15) is 0 Å². The van der Waals surface area contributed by atoms with Crippen molar-refractivity contribution in [3.8, 4) is 0 Å². The maximum Gasteiger partial charge on any atom is 0.0954 e. The van der Waals surface area contributed by atoms with Crippen LogP contribution in [0.3, 0.4) is 0 Å². The largest absolute Gasteiger partial charge is 0.388 e. The fourth-order valence-corrected chi connectivity index (χ4v) is 3.01. The zero-order chi connectivity index (χ0) is 9.97. The van der Waals surface area contributed by atoms with Crippen molar-refractivity contribution in [2.24, 2.45) is 0 Å². The number of halogens is 1. The number of nitrogens with zero attached hydrogens (tertiary/aromatic N) is 1. The summed E-state index contributed by atoms with van der Waals surface area (Å²) in [6.07, 6.45) is 1.92. The SMILES string of the molecule is OC(Cc1nccs1)c1csc(Br)c1. The van der Waals surface area contributed by atoms with Gasteiger partial charge in [0.25, 0.3) is 0 Å². The Morgan fingerprint density at radius 3 is 2.93 bits per heavy atom. The summed E-state index contributed by atoms with van der Waals surface area (Å²) in [7, 11) is 0. The number of hydrogen-bond donors (Lipinski definition) is 1. The summed E-state index contributed by atoms with van der Waals surface area (Å²) in [4.78, 5) is 4.14. The number of thiophene rings is 1. The van der Waals surface area contributed by atoms with Crippen LogP contribution in [0, 0.1) is 0 Å². The third kappa shape index (κ3) is 2.42. The van der Waals surface area contributed by atoms with Crippen LogP contribution < -0.4 is 0 Å². The van der Waals surface area contributed by atoms with E-state index in [1.165, 1.54) is 0 Å². The lowest BCUT2D eigenvalue weighted by Crippen LogP contribution is -1.99. The average Bonchev–Trinajstić information content (AvgIpc) is 2.75. The molecular formula is C9H8BrNOS2. The van der Waals surface area contributed by atoms with E-state index in [0.29, 0.717) is 6.42 Å². The molecule has 0 bridgehead atoms. The predicted octanol–water partition coefficient (Wildman–Crippen LogP) is 3.24. The second-order valence-corrected chi connectivity index (χ2v) is 6.10. The van der Waals surface area contributed by atoms with E-state index in [1.807, 2.05) is 16.8 Å². The number of aromatic nitrogens is 1. The third-order valence-corrected chi connectivity index (χ3v) is 4.15. The van der Waals surface area contributed by atoms with Crippen molar-refractivity contribution in [2.45, 2.75) is 12.5 Å². The smallest absolute Gasteiger partial charge is 0.0954 e. The molecule has 0 aliphatic carbocycles. The van der Waals surface area contributed by atoms with Crippen LogP contribution in [-0.4, -0.2) is 10.1 Å². The summed E-state index contributed by atoms with van der Waals surface area (Å²) in [6.45, 7) is 0. The van der Waals surface area contributed by atoms with Crippen LogP contribution >= 0.6 is 38.6 Å². The molecule has 0 spiro atoms. The molecular weight excluding hydrogens is 282 g/mol. The summed E-state index contributed by atoms with van der Waals surface area (Å²) in [5.41, 5.74) is 0.956. The molecule has 1 N–H and O–H groups in total. The van der Waals surface area contributed by atoms with Crippen molar-refractivity contribution in [2.75, 3.05) is 0 Å². The van der Waals surface area contributed by atoms with Crippen LogP contribution in [0.4, 0.5) is 0 Å². The second kappa shape index (κ2) is 4.53. The lowest BCUT2D eigenvalue weighted by atomic mass is 10.1. The molecule has 0 aliphatic heterocycles. The first-order chi connectivity index (χ1) is 6.75. The van der Waals surface area contributed by atoms with Gasteiger partial charge in [0.15, 0.2) is 0 Å². The molecule has 0 amide bonds. The summed E-state index contributed by atoms with van der Waals surface area (Å²) < 4.78 is 1.05. The Bertz CT molecular complexity index is 399. The first kappa shape index (κ1) is 10.3. The Morgan fingerprint density at radius 2 is 2.36 bits per heavy atom. The summed E-state index contributed by atoms with van der Waals surface area (Å²) in [6, 6.07) is 1.95. The van der Waals surface area contributed by atoms with Gasteiger partial charge in [0.05, 0.1) is 14.9 Å². The number of hydrogen-bond acceptors (Lipinski definition) is 4. The van der Waals surface area contributed by atoms with E-state index in [2.05, 4.69) is 20.9 Å². The highest BCUT2D eigenvalue weighted by atomic mass is 79.9. The molecule has 2 rings (SSSR count). The Labute approximate surface area is 98.4 Å². The van der Waals surface area contributed by atoms with Gasteiger partial charge in [-0.25, -0.2) is 4.98 Å². The highest BCUT2D eigenvalue weighted by Crippen LogP contribution is 2.27. The van der Waals surface area contributed by atoms with Gasteiger partial charge in [-0.3, -0.25) is 0 Å². The highest BCUT2D eigenvalue weighted by Gasteiger charge is 2.11. The van der Waals surface area contributed by atoms with Crippen molar-refractivity contribution in [3.63, 3.8) is 0 Å². The molecule has 0 saturated carbocycles. The predicted molar refractivity (Wildman–Crippen MR) is 62.8 cm³/mol. The first-order valence-corrected chi connectivity index (χ1v) is 6.61. The van der Waals surface area contributed by atoms with Crippen molar-refractivity contribution in [1.29, 1.82) is 0 Å². The number of thiazole rings is 1. The molecule has 2 nitrogen and oxygen atoms in total. The maximum absolute atomic E-state index is 9.86. The topological polar surface area (TPSA) is 33.1 Å². The molecule has 1 unspecified atom stereocenters.